The lowest BCUT2D eigenvalue weighted by Gasteiger charge is -2.24. The number of hydrogen-bond donors (Lipinski definition) is 2. The maximum atomic E-state index is 13.7. The summed E-state index contributed by atoms with van der Waals surface area (Å²) >= 11 is 6.12. The smallest absolute Gasteiger partial charge is 0.328 e. The highest BCUT2D eigenvalue weighted by molar-refractivity contribution is 6.30. The van der Waals surface area contributed by atoms with Crippen molar-refractivity contribution >= 4 is 35.3 Å². The fourth-order valence-electron chi connectivity index (χ4n) is 4.72. The van der Waals surface area contributed by atoms with E-state index in [1.165, 1.54) is 25.3 Å². The second-order valence-corrected chi connectivity index (χ2v) is 10.9. The third-order valence-corrected chi connectivity index (χ3v) is 7.35. The zero-order valence-corrected chi connectivity index (χ0v) is 26.7. The number of benzene rings is 3. The molecule has 3 aromatic rings. The van der Waals surface area contributed by atoms with Crippen molar-refractivity contribution < 1.29 is 28.7 Å². The normalized spacial score (nSPS) is 11.8. The molecule has 2 atom stereocenters. The minimum Gasteiger partial charge on any atom is -0.489 e. The fraction of sp³-hybridized carbons (Fsp3) is 0.278. The molecule has 10 heteroatoms. The summed E-state index contributed by atoms with van der Waals surface area (Å²) in [4.78, 5) is 54.8. The van der Waals surface area contributed by atoms with Gasteiger partial charge in [-0.05, 0) is 42.2 Å². The van der Waals surface area contributed by atoms with Gasteiger partial charge in [0, 0.05) is 31.0 Å². The van der Waals surface area contributed by atoms with E-state index in [-0.39, 0.29) is 43.1 Å². The molecule has 0 heterocycles. The third kappa shape index (κ3) is 11.2. The molecule has 0 saturated heterocycles. The van der Waals surface area contributed by atoms with Crippen LogP contribution in [0.4, 0.5) is 0 Å². The fourth-order valence-corrected chi connectivity index (χ4v) is 4.88. The van der Waals surface area contributed by atoms with E-state index in [1.807, 2.05) is 60.7 Å². The van der Waals surface area contributed by atoms with Crippen molar-refractivity contribution in [2.24, 2.45) is 0 Å². The zero-order valence-electron chi connectivity index (χ0n) is 26.0. The molecule has 3 rings (SSSR count). The Kier molecular flexibility index (Phi) is 14.6. The first-order valence-corrected chi connectivity index (χ1v) is 15.3. The van der Waals surface area contributed by atoms with Crippen LogP contribution < -0.4 is 15.4 Å². The number of carbonyl (C=O) groups excluding carboxylic acids is 4. The Morgan fingerprint density at radius 1 is 0.891 bits per heavy atom. The second-order valence-electron chi connectivity index (χ2n) is 10.4. The predicted octanol–water partition coefficient (Wildman–Crippen LogP) is 4.94. The average molecular weight is 646 g/mol. The molecule has 3 amide bonds. The number of carbonyl (C=O) groups is 4. The molecule has 0 bridgehead atoms. The molecule has 0 radical (unpaired) electrons. The number of rotatable bonds is 18. The monoisotopic (exact) mass is 645 g/mol. The number of halogens is 1. The molecular weight excluding hydrogens is 606 g/mol. The number of nitrogens with one attached hydrogen (secondary N) is 2. The molecule has 0 aliphatic heterocycles. The van der Waals surface area contributed by atoms with Crippen LogP contribution in [0.5, 0.6) is 5.75 Å². The highest BCUT2D eigenvalue weighted by Crippen LogP contribution is 2.24. The van der Waals surface area contributed by atoms with Crippen LogP contribution in [0.25, 0.3) is 0 Å². The van der Waals surface area contributed by atoms with Gasteiger partial charge in [0.2, 0.25) is 11.8 Å². The summed E-state index contributed by atoms with van der Waals surface area (Å²) < 4.78 is 10.6. The van der Waals surface area contributed by atoms with Crippen molar-refractivity contribution in [3.05, 3.63) is 126 Å². The quantitative estimate of drug-likeness (QED) is 0.150. The largest absolute Gasteiger partial charge is 0.489 e. The SMILES string of the molecule is C=CCOc1cc(Cl)ccc1C(=O)N[C@H](Cc1ccccc1)C(=O)N[C@@H](CCC(=O)N(CC=C)CCc1ccccc1)C(=O)OC. The van der Waals surface area contributed by atoms with Crippen LogP contribution in [0.15, 0.2) is 104 Å². The van der Waals surface area contributed by atoms with Crippen molar-refractivity contribution in [1.29, 1.82) is 0 Å². The van der Waals surface area contributed by atoms with E-state index in [0.717, 1.165) is 11.1 Å². The van der Waals surface area contributed by atoms with Gasteiger partial charge in [-0.15, -0.1) is 6.58 Å². The van der Waals surface area contributed by atoms with Crippen LogP contribution >= 0.6 is 11.6 Å². The van der Waals surface area contributed by atoms with Gasteiger partial charge in [-0.3, -0.25) is 14.4 Å². The van der Waals surface area contributed by atoms with Gasteiger partial charge >= 0.3 is 5.97 Å². The first kappa shape index (κ1) is 35.6. The molecule has 0 aliphatic carbocycles. The predicted molar refractivity (Wildman–Crippen MR) is 179 cm³/mol. The van der Waals surface area contributed by atoms with E-state index < -0.39 is 29.9 Å². The van der Waals surface area contributed by atoms with E-state index in [1.54, 1.807) is 17.0 Å². The first-order chi connectivity index (χ1) is 22.2. The summed E-state index contributed by atoms with van der Waals surface area (Å²) in [5, 5.41) is 5.85. The maximum Gasteiger partial charge on any atom is 0.328 e. The highest BCUT2D eigenvalue weighted by Gasteiger charge is 2.29. The number of methoxy groups -OCH3 is 1. The van der Waals surface area contributed by atoms with Gasteiger partial charge in [0.25, 0.3) is 5.91 Å². The summed E-state index contributed by atoms with van der Waals surface area (Å²) in [7, 11) is 1.21. The summed E-state index contributed by atoms with van der Waals surface area (Å²) in [6, 6.07) is 21.3. The minimum atomic E-state index is -1.13. The van der Waals surface area contributed by atoms with Crippen LogP contribution in [0, 0.1) is 0 Å². The molecule has 0 aliphatic rings. The molecule has 0 unspecified atom stereocenters. The van der Waals surface area contributed by atoms with Crippen LogP contribution in [-0.4, -0.2) is 67.5 Å². The lowest BCUT2D eigenvalue weighted by atomic mass is 10.0. The van der Waals surface area contributed by atoms with Gasteiger partial charge < -0.3 is 25.0 Å². The molecule has 46 heavy (non-hydrogen) atoms. The van der Waals surface area contributed by atoms with Crippen molar-refractivity contribution in [2.45, 2.75) is 37.8 Å². The second kappa shape index (κ2) is 18.8. The van der Waals surface area contributed by atoms with Crippen LogP contribution in [-0.2, 0) is 32.0 Å². The van der Waals surface area contributed by atoms with E-state index in [2.05, 4.69) is 23.8 Å². The van der Waals surface area contributed by atoms with Gasteiger partial charge in [-0.25, -0.2) is 4.79 Å². The standard InChI is InChI=1S/C36H40ClN3O6/c1-4-21-40(22-20-26-12-8-6-9-13-26)33(41)19-18-30(36(44)45-3)38-35(43)31(24-27-14-10-7-11-15-27)39-34(42)29-17-16-28(37)25-32(29)46-23-5-2/h4-17,25,30-31H,1-2,18-24H2,3H3,(H,38,43)(H,39,42)/t30-,31+/m0/s1. The Labute approximate surface area is 275 Å². The highest BCUT2D eigenvalue weighted by atomic mass is 35.5. The number of hydrogen-bond acceptors (Lipinski definition) is 6. The van der Waals surface area contributed by atoms with E-state index in [4.69, 9.17) is 21.1 Å². The summed E-state index contributed by atoms with van der Waals surface area (Å²) in [6.45, 7) is 8.34. The zero-order chi connectivity index (χ0) is 33.3. The van der Waals surface area contributed by atoms with Crippen LogP contribution in [0.2, 0.25) is 5.02 Å². The minimum absolute atomic E-state index is 0.00104. The first-order valence-electron chi connectivity index (χ1n) is 14.9. The molecule has 2 N–H and O–H groups in total. The van der Waals surface area contributed by atoms with Crippen LogP contribution in [0.1, 0.15) is 34.3 Å². The molecule has 3 aromatic carbocycles. The van der Waals surface area contributed by atoms with Gasteiger partial charge in [-0.2, -0.15) is 0 Å². The lowest BCUT2D eigenvalue weighted by molar-refractivity contribution is -0.145. The Morgan fingerprint density at radius 3 is 2.20 bits per heavy atom. The van der Waals surface area contributed by atoms with Crippen molar-refractivity contribution in [1.82, 2.24) is 15.5 Å². The summed E-state index contributed by atoms with van der Waals surface area (Å²) in [5.74, 6) is -1.86. The Morgan fingerprint density at radius 2 is 1.57 bits per heavy atom. The Hall–Kier alpha value is -4.89. The number of amides is 3. The molecular formula is C36H40ClN3O6. The van der Waals surface area contributed by atoms with Gasteiger partial charge in [0.05, 0.1) is 12.7 Å². The topological polar surface area (TPSA) is 114 Å². The van der Waals surface area contributed by atoms with Gasteiger partial charge in [0.15, 0.2) is 0 Å². The molecule has 9 nitrogen and oxygen atoms in total. The average Bonchev–Trinajstić information content (AvgIpc) is 3.07. The summed E-state index contributed by atoms with van der Waals surface area (Å²) in [5.41, 5.74) is 2.05. The van der Waals surface area contributed by atoms with Crippen LogP contribution in [0.3, 0.4) is 0 Å². The maximum absolute atomic E-state index is 13.7. The molecule has 0 aromatic heterocycles. The summed E-state index contributed by atoms with van der Waals surface area (Å²) in [6.07, 6.45) is 3.95. The van der Waals surface area contributed by atoms with E-state index in [0.29, 0.717) is 24.5 Å². The number of esters is 1. The molecule has 0 fully saturated rings. The van der Waals surface area contributed by atoms with Gasteiger partial charge in [-0.1, -0.05) is 91.0 Å². The third-order valence-electron chi connectivity index (χ3n) is 7.11. The number of ether oxygens (including phenoxy) is 2. The lowest BCUT2D eigenvalue weighted by Crippen LogP contribution is -2.53. The molecule has 0 spiro atoms. The van der Waals surface area contributed by atoms with Crippen molar-refractivity contribution in [3.8, 4) is 5.75 Å². The molecule has 0 saturated carbocycles. The van der Waals surface area contributed by atoms with Gasteiger partial charge in [0.1, 0.15) is 24.4 Å². The Balaban J connectivity index is 1.75. The number of nitrogens with zero attached hydrogens (tertiary/aromatic N) is 1. The molecule has 242 valence electrons. The van der Waals surface area contributed by atoms with Crippen molar-refractivity contribution in [3.63, 3.8) is 0 Å². The van der Waals surface area contributed by atoms with E-state index in [9.17, 15) is 19.2 Å². The van der Waals surface area contributed by atoms with Crippen molar-refractivity contribution in [2.75, 3.05) is 26.8 Å². The van der Waals surface area contributed by atoms with E-state index >= 15 is 0 Å². The Bertz CT molecular complexity index is 1480.